The quantitative estimate of drug-likeness (QED) is 0.743. The summed E-state index contributed by atoms with van der Waals surface area (Å²) in [6, 6.07) is 9.79. The molecule has 1 amide bonds. The lowest BCUT2D eigenvalue weighted by molar-refractivity contribution is 0.0735. The average molecular weight is 417 g/mol. The molecule has 7 heteroatoms. The van der Waals surface area contributed by atoms with E-state index in [1.54, 1.807) is 12.3 Å². The Labute approximate surface area is 177 Å². The highest BCUT2D eigenvalue weighted by Gasteiger charge is 2.25. The zero-order chi connectivity index (χ0) is 20.8. The van der Waals surface area contributed by atoms with Crippen molar-refractivity contribution in [3.8, 4) is 0 Å². The highest BCUT2D eigenvalue weighted by atomic mass is 35.5. The molecule has 0 radical (unpaired) electrons. The number of carbonyl (C=O) groups is 1. The van der Waals surface area contributed by atoms with E-state index in [9.17, 15) is 4.79 Å². The normalized spacial score (nSPS) is 15.1. The molecule has 1 atom stereocenters. The van der Waals surface area contributed by atoms with Crippen LogP contribution in [0.4, 0.5) is 11.5 Å². The molecule has 0 saturated carbocycles. The second kappa shape index (κ2) is 9.94. The van der Waals surface area contributed by atoms with E-state index in [0.717, 1.165) is 42.1 Å². The van der Waals surface area contributed by atoms with E-state index in [1.807, 2.05) is 31.0 Å². The summed E-state index contributed by atoms with van der Waals surface area (Å²) >= 11 is 5.90. The van der Waals surface area contributed by atoms with Gasteiger partial charge in [0.25, 0.3) is 5.91 Å². The summed E-state index contributed by atoms with van der Waals surface area (Å²) in [6.45, 7) is 7.70. The monoisotopic (exact) mass is 416 g/mol. The number of pyridine rings is 1. The molecule has 0 aliphatic carbocycles. The van der Waals surface area contributed by atoms with Gasteiger partial charge >= 0.3 is 0 Å². The molecule has 1 aromatic heterocycles. The first-order valence-corrected chi connectivity index (χ1v) is 10.4. The summed E-state index contributed by atoms with van der Waals surface area (Å²) in [4.78, 5) is 21.8. The van der Waals surface area contributed by atoms with Gasteiger partial charge in [0.2, 0.25) is 0 Å². The molecule has 1 fully saturated rings. The van der Waals surface area contributed by atoms with Gasteiger partial charge in [-0.3, -0.25) is 4.79 Å². The number of morpholine rings is 1. The van der Waals surface area contributed by atoms with E-state index in [-0.39, 0.29) is 11.9 Å². The largest absolute Gasteiger partial charge is 0.378 e. The molecular weight excluding hydrogens is 388 g/mol. The minimum atomic E-state index is 0.0351. The molecule has 3 rings (SSSR count). The van der Waals surface area contributed by atoms with Crippen molar-refractivity contribution in [3.05, 3.63) is 52.7 Å². The number of nitrogens with zero attached hydrogens (tertiary/aromatic N) is 3. The van der Waals surface area contributed by atoms with Gasteiger partial charge in [-0.1, -0.05) is 30.2 Å². The summed E-state index contributed by atoms with van der Waals surface area (Å²) in [5.74, 6) is 0.783. The second-order valence-corrected chi connectivity index (χ2v) is 7.78. The third-order valence-corrected chi connectivity index (χ3v) is 5.54. The maximum absolute atomic E-state index is 13.4. The summed E-state index contributed by atoms with van der Waals surface area (Å²) in [5, 5.41) is 3.91. The van der Waals surface area contributed by atoms with Crippen molar-refractivity contribution >= 4 is 29.0 Å². The number of amides is 1. The number of rotatable bonds is 7. The van der Waals surface area contributed by atoms with Crippen molar-refractivity contribution in [1.29, 1.82) is 0 Å². The number of ether oxygens (including phenoxy) is 1. The topological polar surface area (TPSA) is 57.7 Å². The van der Waals surface area contributed by atoms with Crippen molar-refractivity contribution in [2.75, 3.05) is 50.1 Å². The van der Waals surface area contributed by atoms with Gasteiger partial charge in [-0.25, -0.2) is 4.98 Å². The van der Waals surface area contributed by atoms with Gasteiger partial charge in [0.05, 0.1) is 23.8 Å². The molecule has 1 aliphatic rings. The van der Waals surface area contributed by atoms with Gasteiger partial charge in [0.15, 0.2) is 0 Å². The fraction of sp³-hybridized carbons (Fsp3) is 0.455. The number of aromatic nitrogens is 1. The Morgan fingerprint density at radius 2 is 2.07 bits per heavy atom. The van der Waals surface area contributed by atoms with E-state index in [0.29, 0.717) is 24.8 Å². The first-order valence-electron chi connectivity index (χ1n) is 10.1. The van der Waals surface area contributed by atoms with Crippen molar-refractivity contribution in [3.63, 3.8) is 0 Å². The Hall–Kier alpha value is -2.31. The lowest BCUT2D eigenvalue weighted by atomic mass is 10.0. The van der Waals surface area contributed by atoms with Crippen LogP contribution < -0.4 is 10.2 Å². The predicted octanol–water partition coefficient (Wildman–Crippen LogP) is 3.84. The second-order valence-electron chi connectivity index (χ2n) is 7.34. The minimum absolute atomic E-state index is 0.0351. The summed E-state index contributed by atoms with van der Waals surface area (Å²) in [6.07, 6.45) is 2.45. The first kappa shape index (κ1) is 21.4. The smallest absolute Gasteiger partial charge is 0.256 e. The summed E-state index contributed by atoms with van der Waals surface area (Å²) in [5.41, 5.74) is 2.81. The van der Waals surface area contributed by atoms with Crippen LogP contribution in [0.1, 0.15) is 29.3 Å². The number of aryl methyl sites for hydroxylation is 1. The Balaban J connectivity index is 1.75. The van der Waals surface area contributed by atoms with Gasteiger partial charge in [-0.15, -0.1) is 0 Å². The van der Waals surface area contributed by atoms with Crippen molar-refractivity contribution in [2.45, 2.75) is 26.3 Å². The fourth-order valence-electron chi connectivity index (χ4n) is 3.51. The van der Waals surface area contributed by atoms with Crippen molar-refractivity contribution < 1.29 is 9.53 Å². The van der Waals surface area contributed by atoms with Gasteiger partial charge in [-0.2, -0.15) is 0 Å². The van der Waals surface area contributed by atoms with Crippen LogP contribution in [-0.2, 0) is 4.74 Å². The summed E-state index contributed by atoms with van der Waals surface area (Å²) in [7, 11) is 1.87. The van der Waals surface area contributed by atoms with Crippen LogP contribution in [0, 0.1) is 6.92 Å². The van der Waals surface area contributed by atoms with Crippen molar-refractivity contribution in [1.82, 2.24) is 9.88 Å². The van der Waals surface area contributed by atoms with Crippen LogP contribution in [0.5, 0.6) is 0 Å². The van der Waals surface area contributed by atoms with Gasteiger partial charge in [0, 0.05) is 44.6 Å². The molecule has 6 nitrogen and oxygen atoms in total. The number of likely N-dealkylation sites (N-methyl/N-ethyl adjacent to an activating group) is 1. The molecule has 0 bridgehead atoms. The van der Waals surface area contributed by atoms with Crippen LogP contribution >= 0.6 is 11.6 Å². The number of carbonyl (C=O) groups excluding carboxylic acids is 1. The fourth-order valence-corrected chi connectivity index (χ4v) is 3.63. The molecule has 2 aromatic rings. The van der Waals surface area contributed by atoms with E-state index >= 15 is 0 Å². The molecule has 156 valence electrons. The van der Waals surface area contributed by atoms with Crippen LogP contribution in [0.25, 0.3) is 0 Å². The minimum Gasteiger partial charge on any atom is -0.378 e. The molecular formula is C22H29ClN4O2. The number of anilines is 2. The van der Waals surface area contributed by atoms with E-state index in [1.165, 1.54) is 0 Å². The number of hydrogen-bond donors (Lipinski definition) is 1. The Bertz CT molecular complexity index is 822. The maximum Gasteiger partial charge on any atom is 0.256 e. The van der Waals surface area contributed by atoms with Crippen LogP contribution in [0.3, 0.4) is 0 Å². The van der Waals surface area contributed by atoms with Gasteiger partial charge in [0.1, 0.15) is 5.82 Å². The third-order valence-electron chi connectivity index (χ3n) is 5.32. The zero-order valence-electron chi connectivity index (χ0n) is 17.3. The first-order chi connectivity index (χ1) is 14.0. The van der Waals surface area contributed by atoms with Crippen LogP contribution in [0.15, 0.2) is 36.5 Å². The highest BCUT2D eigenvalue weighted by Crippen LogP contribution is 2.25. The molecule has 29 heavy (non-hydrogen) atoms. The Morgan fingerprint density at radius 1 is 1.31 bits per heavy atom. The SMILES string of the molecule is CCC(CNc1ccc(Cl)cn1)N(C)C(=O)c1cc(C)ccc1N1CCOCC1. The van der Waals surface area contributed by atoms with Crippen LogP contribution in [-0.4, -0.2) is 61.7 Å². The number of halogens is 1. The lowest BCUT2D eigenvalue weighted by Crippen LogP contribution is -2.42. The Morgan fingerprint density at radius 3 is 2.72 bits per heavy atom. The molecule has 1 saturated heterocycles. The van der Waals surface area contributed by atoms with Gasteiger partial charge < -0.3 is 19.9 Å². The zero-order valence-corrected chi connectivity index (χ0v) is 18.1. The lowest BCUT2D eigenvalue weighted by Gasteiger charge is -2.33. The molecule has 1 aromatic carbocycles. The van der Waals surface area contributed by atoms with Gasteiger partial charge in [-0.05, 0) is 37.6 Å². The predicted molar refractivity (Wildman–Crippen MR) is 118 cm³/mol. The molecule has 0 spiro atoms. The van der Waals surface area contributed by atoms with E-state index in [4.69, 9.17) is 16.3 Å². The standard InChI is InChI=1S/C22H29ClN4O2/c1-4-18(15-25-21-8-6-17(23)14-24-21)26(3)22(28)19-13-16(2)5-7-20(19)27-9-11-29-12-10-27/h5-8,13-14,18H,4,9-12,15H2,1-3H3,(H,24,25). The number of nitrogens with one attached hydrogen (secondary N) is 1. The average Bonchev–Trinajstić information content (AvgIpc) is 2.75. The molecule has 2 heterocycles. The van der Waals surface area contributed by atoms with E-state index < -0.39 is 0 Å². The van der Waals surface area contributed by atoms with E-state index in [2.05, 4.69) is 34.3 Å². The van der Waals surface area contributed by atoms with Crippen LogP contribution in [0.2, 0.25) is 5.02 Å². The molecule has 1 aliphatic heterocycles. The Kier molecular flexibility index (Phi) is 7.34. The summed E-state index contributed by atoms with van der Waals surface area (Å²) < 4.78 is 5.47. The number of hydrogen-bond acceptors (Lipinski definition) is 5. The molecule has 1 unspecified atom stereocenters. The van der Waals surface area contributed by atoms with Crippen molar-refractivity contribution in [2.24, 2.45) is 0 Å². The third kappa shape index (κ3) is 5.40. The maximum atomic E-state index is 13.4. The molecule has 1 N–H and O–H groups in total. The highest BCUT2D eigenvalue weighted by molar-refractivity contribution is 6.30. The number of benzene rings is 1.